The van der Waals surface area contributed by atoms with Crippen molar-refractivity contribution in [2.75, 3.05) is 5.32 Å². The summed E-state index contributed by atoms with van der Waals surface area (Å²) < 4.78 is 0. The Labute approximate surface area is 106 Å². The number of nitrogens with two attached hydrogens (primary N) is 1. The number of hydrogen-bond acceptors (Lipinski definition) is 3. The monoisotopic (exact) mass is 246 g/mol. The topological polar surface area (TPSA) is 83.8 Å². The first-order valence-electron chi connectivity index (χ1n) is 6.06. The fraction of sp³-hybridized carbons (Fsp3) is 0.385. The Morgan fingerprint density at radius 3 is 3.00 bits per heavy atom. The molecule has 2 aromatic rings. The lowest BCUT2D eigenvalue weighted by molar-refractivity contribution is -0.117. The third-order valence-electron chi connectivity index (χ3n) is 2.80. The first kappa shape index (κ1) is 12.6. The molecule has 0 spiro atoms. The van der Waals surface area contributed by atoms with Crippen LogP contribution < -0.4 is 11.1 Å². The molecule has 1 heterocycles. The van der Waals surface area contributed by atoms with Crippen LogP contribution in [0.3, 0.4) is 0 Å². The van der Waals surface area contributed by atoms with Crippen LogP contribution in [0.4, 0.5) is 5.69 Å². The Balaban J connectivity index is 2.14. The number of aromatic amines is 1. The lowest BCUT2D eigenvalue weighted by atomic mass is 10.0. The van der Waals surface area contributed by atoms with Crippen molar-refractivity contribution in [1.29, 1.82) is 0 Å². The molecule has 1 atom stereocenters. The summed E-state index contributed by atoms with van der Waals surface area (Å²) in [4.78, 5) is 11.9. The lowest BCUT2D eigenvalue weighted by Gasteiger charge is -2.14. The molecule has 4 N–H and O–H groups in total. The van der Waals surface area contributed by atoms with E-state index in [-0.39, 0.29) is 5.91 Å². The molecule has 0 aliphatic rings. The van der Waals surface area contributed by atoms with Crippen LogP contribution in [0.25, 0.3) is 10.9 Å². The molecule has 1 unspecified atom stereocenters. The maximum absolute atomic E-state index is 11.9. The number of fused-ring (bicyclic) bond motifs is 1. The Hall–Kier alpha value is -1.88. The molecule has 96 valence electrons. The highest BCUT2D eigenvalue weighted by atomic mass is 16.2. The fourth-order valence-corrected chi connectivity index (χ4v) is 1.92. The summed E-state index contributed by atoms with van der Waals surface area (Å²) in [7, 11) is 0. The molecule has 0 fully saturated rings. The molecule has 0 saturated heterocycles. The zero-order valence-corrected chi connectivity index (χ0v) is 10.6. The minimum absolute atomic E-state index is 0.155. The number of H-pyrrole nitrogens is 1. The van der Waals surface area contributed by atoms with Crippen molar-refractivity contribution >= 4 is 22.5 Å². The van der Waals surface area contributed by atoms with E-state index in [9.17, 15) is 4.79 Å². The van der Waals surface area contributed by atoms with Crippen LogP contribution in [0.1, 0.15) is 20.3 Å². The van der Waals surface area contributed by atoms with Gasteiger partial charge in [0.2, 0.25) is 5.91 Å². The Morgan fingerprint density at radius 1 is 1.50 bits per heavy atom. The summed E-state index contributed by atoms with van der Waals surface area (Å²) in [5.41, 5.74) is 7.48. The molecule has 0 bridgehead atoms. The summed E-state index contributed by atoms with van der Waals surface area (Å²) in [6, 6.07) is 5.14. The quantitative estimate of drug-likeness (QED) is 0.770. The van der Waals surface area contributed by atoms with E-state index in [1.54, 1.807) is 6.20 Å². The van der Waals surface area contributed by atoms with E-state index in [0.29, 0.717) is 12.3 Å². The van der Waals surface area contributed by atoms with Crippen molar-refractivity contribution in [3.63, 3.8) is 0 Å². The zero-order chi connectivity index (χ0) is 13.1. The van der Waals surface area contributed by atoms with E-state index >= 15 is 0 Å². The SMILES string of the molecule is CC(C)CC(N)C(=O)Nc1cccc2[nH]ncc12. The van der Waals surface area contributed by atoms with Gasteiger partial charge >= 0.3 is 0 Å². The van der Waals surface area contributed by atoms with Gasteiger partial charge in [0.25, 0.3) is 0 Å². The van der Waals surface area contributed by atoms with E-state index in [0.717, 1.165) is 16.6 Å². The van der Waals surface area contributed by atoms with Crippen LogP contribution >= 0.6 is 0 Å². The van der Waals surface area contributed by atoms with Crippen LogP contribution in [0.2, 0.25) is 0 Å². The predicted octanol–water partition coefficient (Wildman–Crippen LogP) is 1.87. The van der Waals surface area contributed by atoms with E-state index in [1.165, 1.54) is 0 Å². The highest BCUT2D eigenvalue weighted by Crippen LogP contribution is 2.21. The number of benzene rings is 1. The Morgan fingerprint density at radius 2 is 2.28 bits per heavy atom. The number of amides is 1. The number of anilines is 1. The van der Waals surface area contributed by atoms with E-state index in [1.807, 2.05) is 32.0 Å². The molecule has 2 rings (SSSR count). The Kier molecular flexibility index (Phi) is 3.62. The second-order valence-electron chi connectivity index (χ2n) is 4.86. The number of nitrogens with one attached hydrogen (secondary N) is 2. The van der Waals surface area contributed by atoms with Crippen molar-refractivity contribution in [3.05, 3.63) is 24.4 Å². The van der Waals surface area contributed by atoms with Gasteiger partial charge in [-0.1, -0.05) is 19.9 Å². The summed E-state index contributed by atoms with van der Waals surface area (Å²) in [6.45, 7) is 4.09. The van der Waals surface area contributed by atoms with Gasteiger partial charge in [0.15, 0.2) is 0 Å². The first-order chi connectivity index (χ1) is 8.58. The van der Waals surface area contributed by atoms with Gasteiger partial charge in [-0.2, -0.15) is 5.10 Å². The Bertz CT molecular complexity index is 547. The summed E-state index contributed by atoms with van der Waals surface area (Å²) >= 11 is 0. The molecule has 0 saturated carbocycles. The number of carbonyl (C=O) groups is 1. The number of rotatable bonds is 4. The molecule has 5 heteroatoms. The number of carbonyl (C=O) groups excluding carboxylic acids is 1. The predicted molar refractivity (Wildman–Crippen MR) is 72.2 cm³/mol. The van der Waals surface area contributed by atoms with Crippen molar-refractivity contribution in [2.24, 2.45) is 11.7 Å². The van der Waals surface area contributed by atoms with Gasteiger partial charge in [-0.3, -0.25) is 9.89 Å². The van der Waals surface area contributed by atoms with Crippen LogP contribution in [0, 0.1) is 5.92 Å². The van der Waals surface area contributed by atoms with Crippen molar-refractivity contribution < 1.29 is 4.79 Å². The molecule has 5 nitrogen and oxygen atoms in total. The van der Waals surface area contributed by atoms with Crippen LogP contribution in [0.15, 0.2) is 24.4 Å². The zero-order valence-electron chi connectivity index (χ0n) is 10.6. The third-order valence-corrected chi connectivity index (χ3v) is 2.80. The van der Waals surface area contributed by atoms with Gasteiger partial charge in [-0.15, -0.1) is 0 Å². The lowest BCUT2D eigenvalue weighted by Crippen LogP contribution is -2.36. The number of nitrogens with zero attached hydrogens (tertiary/aromatic N) is 1. The molecule has 1 aromatic carbocycles. The van der Waals surface area contributed by atoms with Crippen LogP contribution in [0.5, 0.6) is 0 Å². The van der Waals surface area contributed by atoms with Gasteiger partial charge < -0.3 is 11.1 Å². The summed E-state index contributed by atoms with van der Waals surface area (Å²) in [5, 5.41) is 10.6. The molecule has 18 heavy (non-hydrogen) atoms. The highest BCUT2D eigenvalue weighted by molar-refractivity contribution is 6.02. The second kappa shape index (κ2) is 5.18. The average Bonchev–Trinajstić information content (AvgIpc) is 2.77. The second-order valence-corrected chi connectivity index (χ2v) is 4.86. The van der Waals surface area contributed by atoms with E-state index < -0.39 is 6.04 Å². The smallest absolute Gasteiger partial charge is 0.241 e. The third kappa shape index (κ3) is 2.68. The van der Waals surface area contributed by atoms with Gasteiger partial charge in [0, 0.05) is 5.39 Å². The number of aromatic nitrogens is 2. The molecule has 0 aliphatic heterocycles. The number of hydrogen-bond donors (Lipinski definition) is 3. The van der Waals surface area contributed by atoms with Gasteiger partial charge in [0.05, 0.1) is 23.4 Å². The minimum Gasteiger partial charge on any atom is -0.324 e. The van der Waals surface area contributed by atoms with Crippen LogP contribution in [-0.4, -0.2) is 22.1 Å². The maximum atomic E-state index is 11.9. The molecule has 1 amide bonds. The molecule has 0 radical (unpaired) electrons. The van der Waals surface area contributed by atoms with Gasteiger partial charge in [-0.25, -0.2) is 0 Å². The van der Waals surface area contributed by atoms with E-state index in [2.05, 4.69) is 15.5 Å². The maximum Gasteiger partial charge on any atom is 0.241 e. The summed E-state index contributed by atoms with van der Waals surface area (Å²) in [6.07, 6.45) is 2.37. The summed E-state index contributed by atoms with van der Waals surface area (Å²) in [5.74, 6) is 0.243. The van der Waals surface area contributed by atoms with Gasteiger partial charge in [-0.05, 0) is 24.5 Å². The van der Waals surface area contributed by atoms with Crippen LogP contribution in [-0.2, 0) is 4.79 Å². The molecule has 0 aliphatic carbocycles. The van der Waals surface area contributed by atoms with Crippen molar-refractivity contribution in [3.8, 4) is 0 Å². The average molecular weight is 246 g/mol. The normalized spacial score (nSPS) is 12.9. The minimum atomic E-state index is -0.479. The fourth-order valence-electron chi connectivity index (χ4n) is 1.92. The van der Waals surface area contributed by atoms with Crippen molar-refractivity contribution in [2.45, 2.75) is 26.3 Å². The molecule has 1 aromatic heterocycles. The molecular weight excluding hydrogens is 228 g/mol. The molecular formula is C13H18N4O. The standard InChI is InChI=1S/C13H18N4O/c1-8(2)6-10(14)13(18)16-11-4-3-5-12-9(11)7-15-17-12/h3-5,7-8,10H,6,14H2,1-2H3,(H,15,17)(H,16,18). The van der Waals surface area contributed by atoms with Gasteiger partial charge in [0.1, 0.15) is 0 Å². The highest BCUT2D eigenvalue weighted by Gasteiger charge is 2.16. The largest absolute Gasteiger partial charge is 0.324 e. The van der Waals surface area contributed by atoms with Crippen molar-refractivity contribution in [1.82, 2.24) is 10.2 Å². The first-order valence-corrected chi connectivity index (χ1v) is 6.06. The van der Waals surface area contributed by atoms with E-state index in [4.69, 9.17) is 5.73 Å².